The average molecular weight is 275 g/mol. The van der Waals surface area contributed by atoms with Crippen molar-refractivity contribution in [3.8, 4) is 11.3 Å². The van der Waals surface area contributed by atoms with E-state index in [0.29, 0.717) is 5.02 Å². The number of pyridine rings is 1. The van der Waals surface area contributed by atoms with Gasteiger partial charge in [0.2, 0.25) is 6.20 Å². The Morgan fingerprint density at radius 2 is 2.21 bits per heavy atom. The molecule has 0 unspecified atom stereocenters. The highest BCUT2D eigenvalue weighted by Gasteiger charge is 2.18. The van der Waals surface area contributed by atoms with E-state index in [0.717, 1.165) is 22.0 Å². The number of nitrogens with zero attached hydrogens (tertiary/aromatic N) is 3. The van der Waals surface area contributed by atoms with Gasteiger partial charge >= 0.3 is 0 Å². The molecule has 2 aromatic heterocycles. The maximum atomic E-state index is 6.20. The molecule has 3 rings (SSSR count). The van der Waals surface area contributed by atoms with E-state index in [1.807, 2.05) is 43.7 Å². The van der Waals surface area contributed by atoms with Gasteiger partial charge in [-0.2, -0.15) is 5.10 Å². The van der Waals surface area contributed by atoms with Crippen LogP contribution in [0.2, 0.25) is 5.02 Å². The summed E-state index contributed by atoms with van der Waals surface area (Å²) in [6.45, 7) is 0. The molecule has 0 saturated carbocycles. The highest BCUT2D eigenvalue weighted by molar-refractivity contribution is 6.35. The summed E-state index contributed by atoms with van der Waals surface area (Å²) in [5.41, 5.74) is 1.93. The first-order valence-electron chi connectivity index (χ1n) is 5.86. The van der Waals surface area contributed by atoms with Crippen molar-refractivity contribution in [1.29, 1.82) is 0 Å². The van der Waals surface area contributed by atoms with E-state index in [4.69, 9.17) is 16.4 Å². The minimum absolute atomic E-state index is 0.709. The molecular weight excluding hydrogens is 262 g/mol. The van der Waals surface area contributed by atoms with E-state index >= 15 is 0 Å². The fourth-order valence-electron chi connectivity index (χ4n) is 2.13. The van der Waals surface area contributed by atoms with Crippen molar-refractivity contribution in [2.24, 2.45) is 7.05 Å². The minimum atomic E-state index is 0.709. The number of halogens is 1. The summed E-state index contributed by atoms with van der Waals surface area (Å²) in [5.74, 6) is 0. The van der Waals surface area contributed by atoms with E-state index in [1.54, 1.807) is 22.7 Å². The summed E-state index contributed by atoms with van der Waals surface area (Å²) < 4.78 is 3.46. The Hall–Kier alpha value is -2.07. The molecule has 1 aromatic carbocycles. The summed E-state index contributed by atoms with van der Waals surface area (Å²) >= 11 is 6.20. The van der Waals surface area contributed by atoms with Crippen LogP contribution < -0.4 is 9.57 Å². The van der Waals surface area contributed by atoms with Crippen LogP contribution in [0.15, 0.2) is 42.9 Å². The number of aromatic nitrogens is 3. The van der Waals surface area contributed by atoms with Gasteiger partial charge in [-0.3, -0.25) is 9.52 Å². The van der Waals surface area contributed by atoms with Gasteiger partial charge in [0.25, 0.3) is 5.69 Å². The Bertz CT molecular complexity index is 752. The minimum Gasteiger partial charge on any atom is -0.275 e. The van der Waals surface area contributed by atoms with Gasteiger partial charge in [-0.25, -0.2) is 0 Å². The molecule has 3 aromatic rings. The standard InChI is InChI=1S/C14H13ClN3O/c1-17-8-11(7-16-17)14-6-10-4-3-5-13(15)12(10)9-18(14)19-2/h3-9H,1-2H3/q+1. The van der Waals surface area contributed by atoms with Crippen molar-refractivity contribution in [2.75, 3.05) is 7.11 Å². The van der Waals surface area contributed by atoms with Gasteiger partial charge in [0.15, 0.2) is 0 Å². The third-order valence-electron chi connectivity index (χ3n) is 3.06. The van der Waals surface area contributed by atoms with Crippen molar-refractivity contribution in [3.05, 3.63) is 47.9 Å². The van der Waals surface area contributed by atoms with Crippen LogP contribution in [0.4, 0.5) is 0 Å². The summed E-state index contributed by atoms with van der Waals surface area (Å²) in [6.07, 6.45) is 5.64. The zero-order valence-electron chi connectivity index (χ0n) is 10.7. The van der Waals surface area contributed by atoms with Gasteiger partial charge in [-0.1, -0.05) is 23.7 Å². The van der Waals surface area contributed by atoms with Crippen LogP contribution in [0.3, 0.4) is 0 Å². The van der Waals surface area contributed by atoms with Crippen LogP contribution in [0.5, 0.6) is 0 Å². The first kappa shape index (κ1) is 12.0. The first-order valence-corrected chi connectivity index (χ1v) is 6.24. The maximum absolute atomic E-state index is 6.20. The number of benzene rings is 1. The van der Waals surface area contributed by atoms with E-state index in [9.17, 15) is 0 Å². The lowest BCUT2D eigenvalue weighted by Crippen LogP contribution is -2.42. The molecule has 0 aliphatic rings. The predicted molar refractivity (Wildman–Crippen MR) is 73.9 cm³/mol. The van der Waals surface area contributed by atoms with Crippen molar-refractivity contribution >= 4 is 22.4 Å². The SMILES string of the molecule is CO[n+]1cc2c(Cl)cccc2cc1-c1cnn(C)c1. The van der Waals surface area contributed by atoms with Crippen molar-refractivity contribution in [2.45, 2.75) is 0 Å². The van der Waals surface area contributed by atoms with E-state index in [2.05, 4.69) is 5.10 Å². The second-order valence-corrected chi connectivity index (χ2v) is 4.72. The Morgan fingerprint density at radius 1 is 1.37 bits per heavy atom. The monoisotopic (exact) mass is 274 g/mol. The molecule has 2 heterocycles. The number of hydrogen-bond acceptors (Lipinski definition) is 2. The Labute approximate surface area is 115 Å². The third-order valence-corrected chi connectivity index (χ3v) is 3.39. The molecule has 0 atom stereocenters. The molecule has 19 heavy (non-hydrogen) atoms. The number of aryl methyl sites for hydroxylation is 1. The van der Waals surface area contributed by atoms with E-state index in [1.165, 1.54) is 0 Å². The number of fused-ring (bicyclic) bond motifs is 1. The number of hydrogen-bond donors (Lipinski definition) is 0. The summed E-state index contributed by atoms with van der Waals surface area (Å²) in [7, 11) is 3.51. The van der Waals surface area contributed by atoms with Crippen LogP contribution in [-0.4, -0.2) is 16.9 Å². The molecule has 0 fully saturated rings. The fourth-order valence-corrected chi connectivity index (χ4v) is 2.36. The highest BCUT2D eigenvalue weighted by atomic mass is 35.5. The van der Waals surface area contributed by atoms with Gasteiger partial charge in [0.1, 0.15) is 7.11 Å². The lowest BCUT2D eigenvalue weighted by Gasteiger charge is -2.02. The van der Waals surface area contributed by atoms with Crippen molar-refractivity contribution in [1.82, 2.24) is 9.78 Å². The zero-order valence-corrected chi connectivity index (χ0v) is 11.4. The van der Waals surface area contributed by atoms with Crippen LogP contribution >= 0.6 is 11.6 Å². The molecule has 0 amide bonds. The number of rotatable bonds is 2. The van der Waals surface area contributed by atoms with Crippen molar-refractivity contribution in [3.63, 3.8) is 0 Å². The lowest BCUT2D eigenvalue weighted by atomic mass is 10.1. The first-order chi connectivity index (χ1) is 9.19. The molecule has 5 heteroatoms. The molecule has 0 N–H and O–H groups in total. The molecule has 0 radical (unpaired) electrons. The largest absolute Gasteiger partial charge is 0.275 e. The Kier molecular flexibility index (Phi) is 2.87. The molecule has 0 bridgehead atoms. The average Bonchev–Trinajstić information content (AvgIpc) is 2.84. The fraction of sp³-hybridized carbons (Fsp3) is 0.143. The van der Waals surface area contributed by atoms with Crippen molar-refractivity contribution < 1.29 is 9.57 Å². The zero-order chi connectivity index (χ0) is 13.4. The Balaban J connectivity index is 2.29. The summed E-state index contributed by atoms with van der Waals surface area (Å²) in [5, 5.41) is 6.92. The van der Waals surface area contributed by atoms with Crippen LogP contribution in [-0.2, 0) is 7.05 Å². The topological polar surface area (TPSA) is 30.9 Å². The second-order valence-electron chi connectivity index (χ2n) is 4.31. The molecule has 0 aliphatic carbocycles. The molecule has 4 nitrogen and oxygen atoms in total. The summed E-state index contributed by atoms with van der Waals surface area (Å²) in [6, 6.07) is 7.88. The van der Waals surface area contributed by atoms with Gasteiger partial charge in [-0.05, 0) is 11.5 Å². The summed E-state index contributed by atoms with van der Waals surface area (Å²) in [4.78, 5) is 5.39. The Morgan fingerprint density at radius 3 is 2.89 bits per heavy atom. The smallest absolute Gasteiger partial charge is 0.268 e. The quantitative estimate of drug-likeness (QED) is 0.671. The predicted octanol–water partition coefficient (Wildman–Crippen LogP) is 2.24. The van der Waals surface area contributed by atoms with Crippen LogP contribution in [0, 0.1) is 0 Å². The van der Waals surface area contributed by atoms with Gasteiger partial charge in [0.05, 0.1) is 22.2 Å². The molecule has 0 aliphatic heterocycles. The van der Waals surface area contributed by atoms with Crippen LogP contribution in [0.1, 0.15) is 0 Å². The highest BCUT2D eigenvalue weighted by Crippen LogP contribution is 2.25. The molecular formula is C14H13ClN3O+. The van der Waals surface area contributed by atoms with Gasteiger partial charge in [-0.15, -0.1) is 0 Å². The van der Waals surface area contributed by atoms with E-state index in [-0.39, 0.29) is 0 Å². The normalized spacial score (nSPS) is 10.9. The van der Waals surface area contributed by atoms with Crippen LogP contribution in [0.25, 0.3) is 22.0 Å². The lowest BCUT2D eigenvalue weighted by molar-refractivity contribution is -0.876. The molecule has 96 valence electrons. The molecule has 0 spiro atoms. The van der Waals surface area contributed by atoms with Gasteiger partial charge in [0, 0.05) is 24.0 Å². The molecule has 0 saturated heterocycles. The maximum Gasteiger partial charge on any atom is 0.268 e. The third kappa shape index (κ3) is 2.04. The second kappa shape index (κ2) is 4.55. The van der Waals surface area contributed by atoms with E-state index < -0.39 is 0 Å². The van der Waals surface area contributed by atoms with Gasteiger partial charge < -0.3 is 0 Å².